The molecule has 0 spiro atoms. The highest BCUT2D eigenvalue weighted by Crippen LogP contribution is 2.28. The van der Waals surface area contributed by atoms with Gasteiger partial charge in [0.25, 0.3) is 5.56 Å². The number of nitrogen functional groups attached to an aromatic ring is 1. The van der Waals surface area contributed by atoms with E-state index in [0.717, 1.165) is 16.5 Å². The minimum atomic E-state index is -0.423. The Kier molecular flexibility index (Phi) is 5.23. The summed E-state index contributed by atoms with van der Waals surface area (Å²) in [6, 6.07) is 6.92. The van der Waals surface area contributed by atoms with Gasteiger partial charge in [-0.15, -0.1) is 11.3 Å². The van der Waals surface area contributed by atoms with Crippen LogP contribution in [-0.4, -0.2) is 16.7 Å². The van der Waals surface area contributed by atoms with E-state index in [1.807, 2.05) is 13.0 Å². The van der Waals surface area contributed by atoms with Gasteiger partial charge in [0.2, 0.25) is 0 Å². The first kappa shape index (κ1) is 18.6. The summed E-state index contributed by atoms with van der Waals surface area (Å²) in [6.07, 6.45) is 5.59. The molecule has 0 saturated carbocycles. The van der Waals surface area contributed by atoms with Gasteiger partial charge in [0, 0.05) is 10.9 Å². The number of halogens is 1. The molecule has 0 aliphatic heterocycles. The fourth-order valence-corrected chi connectivity index (χ4v) is 3.52. The van der Waals surface area contributed by atoms with Crippen LogP contribution in [0.1, 0.15) is 11.8 Å². The van der Waals surface area contributed by atoms with Gasteiger partial charge in [-0.25, -0.2) is 9.37 Å². The Balaban J connectivity index is 2.08. The first-order valence-corrected chi connectivity index (χ1v) is 8.88. The maximum absolute atomic E-state index is 13.2. The molecule has 0 atom stereocenters. The fourth-order valence-electron chi connectivity index (χ4n) is 2.50. The summed E-state index contributed by atoms with van der Waals surface area (Å²) < 4.78 is 20.4. The Bertz CT molecular complexity index is 1140. The van der Waals surface area contributed by atoms with Crippen LogP contribution in [0.5, 0.6) is 5.75 Å². The number of rotatable bonds is 5. The van der Waals surface area contributed by atoms with Gasteiger partial charge in [0.1, 0.15) is 22.6 Å². The van der Waals surface area contributed by atoms with E-state index in [1.165, 1.54) is 35.4 Å². The number of aromatic nitrogens is 2. The third-order valence-corrected chi connectivity index (χ3v) is 5.26. The Morgan fingerprint density at radius 1 is 1.37 bits per heavy atom. The number of thiophene rings is 1. The number of nitrogens with zero attached hydrogens (tertiary/aromatic N) is 2. The lowest BCUT2D eigenvalue weighted by Crippen LogP contribution is -2.17. The molecule has 3 rings (SSSR count). The van der Waals surface area contributed by atoms with Crippen LogP contribution in [0.25, 0.3) is 21.5 Å². The average Bonchev–Trinajstić information content (AvgIpc) is 3.12. The summed E-state index contributed by atoms with van der Waals surface area (Å²) in [5, 5.41) is 0. The number of benzene rings is 1. The summed E-state index contributed by atoms with van der Waals surface area (Å²) in [5.41, 5.74) is 8.17. The first-order valence-electron chi connectivity index (χ1n) is 8.06. The van der Waals surface area contributed by atoms with Crippen molar-refractivity contribution in [1.82, 2.24) is 9.55 Å². The van der Waals surface area contributed by atoms with Crippen molar-refractivity contribution in [2.75, 3.05) is 12.8 Å². The predicted octanol–water partition coefficient (Wildman–Crippen LogP) is 4.48. The number of nitrogens with two attached hydrogens (primary N) is 1. The van der Waals surface area contributed by atoms with Gasteiger partial charge in [-0.05, 0) is 42.8 Å². The van der Waals surface area contributed by atoms with E-state index >= 15 is 0 Å². The van der Waals surface area contributed by atoms with E-state index in [4.69, 9.17) is 10.5 Å². The lowest BCUT2D eigenvalue weighted by Gasteiger charge is -2.09. The molecule has 0 bridgehead atoms. The second kappa shape index (κ2) is 7.59. The third-order valence-electron chi connectivity index (χ3n) is 4.01. The van der Waals surface area contributed by atoms with Gasteiger partial charge >= 0.3 is 0 Å². The molecule has 5 nitrogen and oxygen atoms in total. The van der Waals surface area contributed by atoms with E-state index in [0.29, 0.717) is 27.3 Å². The van der Waals surface area contributed by atoms with Crippen LogP contribution in [0.2, 0.25) is 0 Å². The van der Waals surface area contributed by atoms with Crippen LogP contribution in [0, 0.1) is 0 Å². The van der Waals surface area contributed by atoms with Crippen LogP contribution in [-0.2, 0) is 0 Å². The lowest BCUT2D eigenvalue weighted by molar-refractivity contribution is 0.417. The third kappa shape index (κ3) is 3.68. The number of fused-ring (bicyclic) bond motifs is 1. The molecule has 0 fully saturated rings. The smallest absolute Gasteiger partial charge is 0.275 e. The van der Waals surface area contributed by atoms with Gasteiger partial charge < -0.3 is 10.5 Å². The minimum absolute atomic E-state index is 0.191. The van der Waals surface area contributed by atoms with Gasteiger partial charge in [-0.2, -0.15) is 0 Å². The molecule has 2 heterocycles. The van der Waals surface area contributed by atoms with Crippen molar-refractivity contribution in [3.05, 3.63) is 76.5 Å². The molecule has 2 aromatic heterocycles. The van der Waals surface area contributed by atoms with Gasteiger partial charge in [-0.3, -0.25) is 9.36 Å². The monoisotopic (exact) mass is 383 g/mol. The van der Waals surface area contributed by atoms with Crippen molar-refractivity contribution in [3.63, 3.8) is 0 Å². The standard InChI is InChI=1S/C20H18FN3O2S/c1-4-13(21)6-5-12(2)18-10-16-19(27-18)20(25)24(11-23-16)14-7-8-15(22)17(9-14)26-3/h4-11H,1,22H2,2-3H3/b12-5+,13-6+. The number of allylic oxidation sites excluding steroid dienone is 5. The Labute approximate surface area is 159 Å². The Morgan fingerprint density at radius 2 is 2.15 bits per heavy atom. The summed E-state index contributed by atoms with van der Waals surface area (Å²) in [7, 11) is 1.52. The summed E-state index contributed by atoms with van der Waals surface area (Å²) in [6.45, 7) is 5.22. The van der Waals surface area contributed by atoms with Crippen molar-refractivity contribution in [2.45, 2.75) is 6.92 Å². The van der Waals surface area contributed by atoms with Crippen molar-refractivity contribution in [1.29, 1.82) is 0 Å². The molecule has 0 amide bonds. The lowest BCUT2D eigenvalue weighted by atomic mass is 10.2. The highest BCUT2D eigenvalue weighted by molar-refractivity contribution is 7.19. The van der Waals surface area contributed by atoms with Crippen LogP contribution in [0.15, 0.2) is 66.0 Å². The molecule has 0 unspecified atom stereocenters. The van der Waals surface area contributed by atoms with Crippen LogP contribution in [0.4, 0.5) is 10.1 Å². The molecular weight excluding hydrogens is 365 g/mol. The molecule has 138 valence electrons. The molecule has 27 heavy (non-hydrogen) atoms. The molecule has 0 aliphatic carbocycles. The second-order valence-corrected chi connectivity index (χ2v) is 6.83. The topological polar surface area (TPSA) is 70.1 Å². The van der Waals surface area contributed by atoms with E-state index in [-0.39, 0.29) is 5.56 Å². The van der Waals surface area contributed by atoms with Crippen LogP contribution < -0.4 is 16.0 Å². The van der Waals surface area contributed by atoms with Gasteiger partial charge in [-0.1, -0.05) is 12.7 Å². The molecule has 0 aliphatic rings. The van der Waals surface area contributed by atoms with Gasteiger partial charge in [0.15, 0.2) is 0 Å². The number of methoxy groups -OCH3 is 1. The van der Waals surface area contributed by atoms with E-state index in [2.05, 4.69) is 11.6 Å². The molecule has 1 aromatic carbocycles. The Morgan fingerprint density at radius 3 is 2.85 bits per heavy atom. The number of hydrogen-bond donors (Lipinski definition) is 1. The summed E-state index contributed by atoms with van der Waals surface area (Å²) in [4.78, 5) is 18.1. The molecular formula is C20H18FN3O2S. The highest BCUT2D eigenvalue weighted by atomic mass is 32.1. The summed E-state index contributed by atoms with van der Waals surface area (Å²) >= 11 is 1.32. The zero-order valence-electron chi connectivity index (χ0n) is 14.9. The van der Waals surface area contributed by atoms with Gasteiger partial charge in [0.05, 0.1) is 24.0 Å². The van der Waals surface area contributed by atoms with E-state index in [1.54, 1.807) is 24.3 Å². The minimum Gasteiger partial charge on any atom is -0.495 e. The Hall–Kier alpha value is -3.19. The van der Waals surface area contributed by atoms with Crippen molar-refractivity contribution in [2.24, 2.45) is 0 Å². The fraction of sp³-hybridized carbons (Fsp3) is 0.100. The highest BCUT2D eigenvalue weighted by Gasteiger charge is 2.12. The largest absolute Gasteiger partial charge is 0.495 e. The maximum atomic E-state index is 13.2. The normalized spacial score (nSPS) is 12.4. The second-order valence-electron chi connectivity index (χ2n) is 5.78. The maximum Gasteiger partial charge on any atom is 0.275 e. The zero-order valence-corrected chi connectivity index (χ0v) is 15.7. The molecule has 3 aromatic rings. The van der Waals surface area contributed by atoms with Crippen LogP contribution in [0.3, 0.4) is 0 Å². The number of ether oxygens (including phenoxy) is 1. The van der Waals surface area contributed by atoms with E-state index in [9.17, 15) is 9.18 Å². The molecule has 7 heteroatoms. The summed E-state index contributed by atoms with van der Waals surface area (Å²) in [5.74, 6) is 0.0643. The van der Waals surface area contributed by atoms with E-state index < -0.39 is 5.83 Å². The quantitative estimate of drug-likeness (QED) is 0.521. The number of anilines is 1. The number of hydrogen-bond acceptors (Lipinski definition) is 5. The zero-order chi connectivity index (χ0) is 19.6. The predicted molar refractivity (Wildman–Crippen MR) is 109 cm³/mol. The van der Waals surface area contributed by atoms with Crippen molar-refractivity contribution < 1.29 is 9.13 Å². The van der Waals surface area contributed by atoms with Crippen molar-refractivity contribution in [3.8, 4) is 11.4 Å². The molecule has 0 saturated heterocycles. The first-order chi connectivity index (χ1) is 12.9. The average molecular weight is 383 g/mol. The molecule has 2 N–H and O–H groups in total. The van der Waals surface area contributed by atoms with Crippen molar-refractivity contribution >= 4 is 32.8 Å². The SMILES string of the molecule is C=C/C(F)=C\C=C(/C)c1cc2ncn(-c3ccc(N)c(OC)c3)c(=O)c2s1. The molecule has 0 radical (unpaired) electrons. The van der Waals surface area contributed by atoms with Crippen LogP contribution >= 0.6 is 11.3 Å².